The molecule has 0 bridgehead atoms. The number of nitrogens with one attached hydrogen (secondary N) is 1. The number of nitro groups is 2. The van der Waals surface area contributed by atoms with Gasteiger partial charge in [0.1, 0.15) is 5.69 Å². The number of nitro benzene ring substituents is 2. The number of anilines is 1. The molecule has 1 N–H and O–H groups in total. The largest absolute Gasteiger partial charge is 0.320 e. The predicted molar refractivity (Wildman–Crippen MR) is 83.5 cm³/mol. The molecular weight excluding hydrogens is 326 g/mol. The van der Waals surface area contributed by atoms with E-state index < -0.39 is 27.1 Å². The highest BCUT2D eigenvalue weighted by molar-refractivity contribution is 6.30. The van der Waals surface area contributed by atoms with Crippen LogP contribution < -0.4 is 5.32 Å². The third-order valence-electron chi connectivity index (χ3n) is 2.94. The summed E-state index contributed by atoms with van der Waals surface area (Å²) in [6, 6.07) is 9.59. The van der Waals surface area contributed by atoms with Crippen LogP contribution in [-0.2, 0) is 11.2 Å². The molecule has 23 heavy (non-hydrogen) atoms. The Hall–Kier alpha value is -3.00. The lowest BCUT2D eigenvalue weighted by atomic mass is 10.1. The first-order valence-corrected chi connectivity index (χ1v) is 6.72. The van der Waals surface area contributed by atoms with E-state index in [0.717, 1.165) is 18.2 Å². The second-order valence-electron chi connectivity index (χ2n) is 4.57. The second-order valence-corrected chi connectivity index (χ2v) is 5.00. The molecule has 0 aromatic heterocycles. The zero-order valence-electron chi connectivity index (χ0n) is 11.6. The number of carbonyl (C=O) groups excluding carboxylic acids is 1. The number of rotatable bonds is 5. The molecule has 0 atom stereocenters. The highest BCUT2D eigenvalue weighted by Crippen LogP contribution is 2.29. The van der Waals surface area contributed by atoms with Crippen molar-refractivity contribution in [2.45, 2.75) is 6.42 Å². The summed E-state index contributed by atoms with van der Waals surface area (Å²) >= 11 is 5.74. The third kappa shape index (κ3) is 4.24. The number of non-ortho nitro benzene ring substituents is 1. The molecule has 0 unspecified atom stereocenters. The number of nitrogens with zero attached hydrogens (tertiary/aromatic N) is 2. The van der Waals surface area contributed by atoms with E-state index in [4.69, 9.17) is 11.6 Å². The summed E-state index contributed by atoms with van der Waals surface area (Å²) in [7, 11) is 0. The van der Waals surface area contributed by atoms with Crippen molar-refractivity contribution in [3.63, 3.8) is 0 Å². The molecule has 0 saturated carbocycles. The molecule has 118 valence electrons. The minimum absolute atomic E-state index is 0.00862. The van der Waals surface area contributed by atoms with Crippen LogP contribution in [0.5, 0.6) is 0 Å². The summed E-state index contributed by atoms with van der Waals surface area (Å²) < 4.78 is 0. The van der Waals surface area contributed by atoms with Crippen molar-refractivity contribution in [1.29, 1.82) is 0 Å². The van der Waals surface area contributed by atoms with Gasteiger partial charge in [-0.2, -0.15) is 0 Å². The zero-order chi connectivity index (χ0) is 17.0. The fraction of sp³-hybridized carbons (Fsp3) is 0.0714. The lowest BCUT2D eigenvalue weighted by molar-refractivity contribution is -0.393. The van der Waals surface area contributed by atoms with Crippen LogP contribution in [0.25, 0.3) is 0 Å². The van der Waals surface area contributed by atoms with Crippen molar-refractivity contribution in [3.8, 4) is 0 Å². The molecule has 0 radical (unpaired) electrons. The van der Waals surface area contributed by atoms with Gasteiger partial charge in [-0.05, 0) is 23.8 Å². The van der Waals surface area contributed by atoms with Gasteiger partial charge in [0.25, 0.3) is 11.4 Å². The average molecular weight is 336 g/mol. The summed E-state index contributed by atoms with van der Waals surface area (Å²) in [4.78, 5) is 32.1. The zero-order valence-corrected chi connectivity index (χ0v) is 12.3. The van der Waals surface area contributed by atoms with E-state index in [1.165, 1.54) is 0 Å². The number of benzene rings is 2. The second kappa shape index (κ2) is 6.84. The fourth-order valence-electron chi connectivity index (χ4n) is 1.87. The summed E-state index contributed by atoms with van der Waals surface area (Å²) in [5, 5.41) is 24.6. The van der Waals surface area contributed by atoms with Crippen LogP contribution in [0.1, 0.15) is 5.56 Å². The standard InChI is InChI=1S/C14H10ClN3O5/c15-10-3-1-9(2-4-10)7-14(19)16-12-6-5-11(17(20)21)8-13(12)18(22)23/h1-6,8H,7H2,(H,16,19). The van der Waals surface area contributed by atoms with Crippen molar-refractivity contribution in [2.75, 3.05) is 5.32 Å². The lowest BCUT2D eigenvalue weighted by Crippen LogP contribution is -2.15. The molecule has 0 aliphatic heterocycles. The Morgan fingerprint density at radius 3 is 2.26 bits per heavy atom. The Labute approximate surface area is 135 Å². The quantitative estimate of drug-likeness (QED) is 0.664. The molecule has 0 spiro atoms. The van der Waals surface area contributed by atoms with E-state index in [0.29, 0.717) is 10.6 Å². The molecule has 0 aliphatic rings. The fourth-order valence-corrected chi connectivity index (χ4v) is 2.00. The predicted octanol–water partition coefficient (Wildman–Crippen LogP) is 3.34. The molecule has 2 rings (SSSR count). The maximum Gasteiger partial charge on any atom is 0.299 e. The smallest absolute Gasteiger partial charge is 0.299 e. The summed E-state index contributed by atoms with van der Waals surface area (Å²) in [5.74, 6) is -0.482. The highest BCUT2D eigenvalue weighted by Gasteiger charge is 2.20. The summed E-state index contributed by atoms with van der Waals surface area (Å²) in [6.45, 7) is 0. The maximum atomic E-state index is 12.0. The monoisotopic (exact) mass is 335 g/mol. The van der Waals surface area contributed by atoms with Crippen LogP contribution in [-0.4, -0.2) is 15.8 Å². The molecule has 0 saturated heterocycles. The van der Waals surface area contributed by atoms with Crippen molar-refractivity contribution >= 4 is 34.6 Å². The van der Waals surface area contributed by atoms with E-state index in [-0.39, 0.29) is 12.1 Å². The van der Waals surface area contributed by atoms with Gasteiger partial charge in [-0.15, -0.1) is 0 Å². The Kier molecular flexibility index (Phi) is 4.87. The van der Waals surface area contributed by atoms with Gasteiger partial charge in [0, 0.05) is 11.1 Å². The van der Waals surface area contributed by atoms with Crippen LogP contribution in [0.4, 0.5) is 17.1 Å². The van der Waals surface area contributed by atoms with Gasteiger partial charge in [0.15, 0.2) is 0 Å². The number of amides is 1. The van der Waals surface area contributed by atoms with Gasteiger partial charge in [0.05, 0.1) is 22.3 Å². The van der Waals surface area contributed by atoms with Crippen LogP contribution >= 0.6 is 11.6 Å². The van der Waals surface area contributed by atoms with Crippen LogP contribution in [0.3, 0.4) is 0 Å². The SMILES string of the molecule is O=C(Cc1ccc(Cl)cc1)Nc1ccc([N+](=O)[O-])cc1[N+](=O)[O-]. The first-order valence-electron chi connectivity index (χ1n) is 6.34. The Morgan fingerprint density at radius 2 is 1.70 bits per heavy atom. The number of halogens is 1. The van der Waals surface area contributed by atoms with Gasteiger partial charge in [-0.3, -0.25) is 25.0 Å². The Morgan fingerprint density at radius 1 is 1.04 bits per heavy atom. The summed E-state index contributed by atoms with van der Waals surface area (Å²) in [5.41, 5.74) is -0.382. The maximum absolute atomic E-state index is 12.0. The molecule has 8 nitrogen and oxygen atoms in total. The van der Waals surface area contributed by atoms with E-state index in [9.17, 15) is 25.0 Å². The Balaban J connectivity index is 2.18. The molecule has 2 aromatic rings. The molecule has 0 heterocycles. The van der Waals surface area contributed by atoms with Crippen LogP contribution in [0, 0.1) is 20.2 Å². The molecule has 0 fully saturated rings. The third-order valence-corrected chi connectivity index (χ3v) is 3.19. The first-order chi connectivity index (χ1) is 10.9. The number of carbonyl (C=O) groups is 1. The van der Waals surface area contributed by atoms with Crippen molar-refractivity contribution in [1.82, 2.24) is 0 Å². The van der Waals surface area contributed by atoms with Gasteiger partial charge >= 0.3 is 0 Å². The number of hydrogen-bond acceptors (Lipinski definition) is 5. The number of hydrogen-bond donors (Lipinski definition) is 1. The van der Waals surface area contributed by atoms with Gasteiger partial charge in [-0.25, -0.2) is 0 Å². The lowest BCUT2D eigenvalue weighted by Gasteiger charge is -2.06. The molecular formula is C14H10ClN3O5. The van der Waals surface area contributed by atoms with E-state index in [1.807, 2.05) is 0 Å². The normalized spacial score (nSPS) is 10.1. The average Bonchev–Trinajstić information content (AvgIpc) is 2.49. The van der Waals surface area contributed by atoms with Crippen molar-refractivity contribution in [3.05, 3.63) is 73.3 Å². The topological polar surface area (TPSA) is 115 Å². The van der Waals surface area contributed by atoms with Crippen LogP contribution in [0.2, 0.25) is 5.02 Å². The molecule has 1 amide bonds. The van der Waals surface area contributed by atoms with Crippen LogP contribution in [0.15, 0.2) is 42.5 Å². The van der Waals surface area contributed by atoms with Gasteiger partial charge in [0.2, 0.25) is 5.91 Å². The molecule has 2 aromatic carbocycles. The minimum Gasteiger partial charge on any atom is -0.320 e. The first kappa shape index (κ1) is 16.4. The van der Waals surface area contributed by atoms with Gasteiger partial charge in [-0.1, -0.05) is 23.7 Å². The minimum atomic E-state index is -0.787. The van der Waals surface area contributed by atoms with Crippen molar-refractivity contribution < 1.29 is 14.6 Å². The van der Waals surface area contributed by atoms with Gasteiger partial charge < -0.3 is 5.32 Å². The van der Waals surface area contributed by atoms with E-state index >= 15 is 0 Å². The molecule has 9 heteroatoms. The van der Waals surface area contributed by atoms with Crippen molar-refractivity contribution in [2.24, 2.45) is 0 Å². The summed E-state index contributed by atoms with van der Waals surface area (Å²) in [6.07, 6.45) is -0.00862. The highest BCUT2D eigenvalue weighted by atomic mass is 35.5. The molecule has 0 aliphatic carbocycles. The van der Waals surface area contributed by atoms with E-state index in [1.54, 1.807) is 24.3 Å². The Bertz CT molecular complexity index is 776. The van der Waals surface area contributed by atoms with E-state index in [2.05, 4.69) is 5.32 Å².